The Balaban J connectivity index is 1.76. The molecule has 0 heterocycles. The van der Waals surface area contributed by atoms with Crippen molar-refractivity contribution in [3.8, 4) is 5.75 Å². The first kappa shape index (κ1) is 15.4. The molecule has 20 heavy (non-hydrogen) atoms. The highest BCUT2D eigenvalue weighted by atomic mass is 79.9. The number of hydrogen-bond acceptors (Lipinski definition) is 2. The van der Waals surface area contributed by atoms with Crippen LogP contribution in [0.4, 0.5) is 0 Å². The van der Waals surface area contributed by atoms with E-state index in [2.05, 4.69) is 33.4 Å². The lowest BCUT2D eigenvalue weighted by Crippen LogP contribution is -2.20. The highest BCUT2D eigenvalue weighted by molar-refractivity contribution is 9.10. The fourth-order valence-electron chi connectivity index (χ4n) is 1.93. The van der Waals surface area contributed by atoms with Crippen LogP contribution in [0, 0.1) is 6.92 Å². The Bertz CT molecular complexity index is 537. The summed E-state index contributed by atoms with van der Waals surface area (Å²) in [5, 5.41) is 3.98. The fourth-order valence-corrected chi connectivity index (χ4v) is 2.95. The Morgan fingerprint density at radius 3 is 2.65 bits per heavy atom. The molecule has 0 spiro atoms. The molecule has 0 unspecified atom stereocenters. The third-order valence-corrected chi connectivity index (χ3v) is 3.63. The highest BCUT2D eigenvalue weighted by Crippen LogP contribution is 2.31. The average Bonchev–Trinajstić information content (AvgIpc) is 2.42. The number of hydrogen-bond donors (Lipinski definition) is 1. The van der Waals surface area contributed by atoms with Crippen LogP contribution in [0.3, 0.4) is 0 Å². The Morgan fingerprint density at radius 1 is 1.20 bits per heavy atom. The number of ether oxygens (including phenoxy) is 1. The lowest BCUT2D eigenvalue weighted by atomic mass is 10.2. The zero-order valence-corrected chi connectivity index (χ0v) is 13.7. The summed E-state index contributed by atoms with van der Waals surface area (Å²) in [5.74, 6) is 0.761. The average molecular weight is 355 g/mol. The van der Waals surface area contributed by atoms with E-state index in [1.165, 1.54) is 5.56 Å². The quantitative estimate of drug-likeness (QED) is 0.767. The molecule has 2 aromatic carbocycles. The predicted octanol–water partition coefficient (Wildman–Crippen LogP) is 4.58. The van der Waals surface area contributed by atoms with E-state index in [0.717, 1.165) is 28.9 Å². The van der Waals surface area contributed by atoms with E-state index in [1.807, 2.05) is 37.3 Å². The van der Waals surface area contributed by atoms with Gasteiger partial charge in [-0.15, -0.1) is 0 Å². The lowest BCUT2D eigenvalue weighted by molar-refractivity contribution is 0.312. The molecule has 4 heteroatoms. The maximum absolute atomic E-state index is 6.17. The molecular weight excluding hydrogens is 338 g/mol. The van der Waals surface area contributed by atoms with E-state index in [4.69, 9.17) is 16.3 Å². The predicted molar refractivity (Wildman–Crippen MR) is 87.5 cm³/mol. The second-order valence-electron chi connectivity index (χ2n) is 4.54. The van der Waals surface area contributed by atoms with Crippen molar-refractivity contribution in [2.24, 2.45) is 0 Å². The van der Waals surface area contributed by atoms with Gasteiger partial charge in [-0.3, -0.25) is 0 Å². The SMILES string of the molecule is Cc1cc(Br)cc(Cl)c1OCCNCc1ccccc1. The summed E-state index contributed by atoms with van der Waals surface area (Å²) in [6, 6.07) is 14.1. The normalized spacial score (nSPS) is 10.6. The second-order valence-corrected chi connectivity index (χ2v) is 5.87. The van der Waals surface area contributed by atoms with Crippen molar-refractivity contribution in [2.75, 3.05) is 13.2 Å². The first-order chi connectivity index (χ1) is 9.66. The Kier molecular flexibility index (Phi) is 5.89. The van der Waals surface area contributed by atoms with Crippen molar-refractivity contribution >= 4 is 27.5 Å². The van der Waals surface area contributed by atoms with E-state index in [-0.39, 0.29) is 0 Å². The number of aryl methyl sites for hydroxylation is 1. The van der Waals surface area contributed by atoms with Crippen LogP contribution in [-0.2, 0) is 6.54 Å². The maximum atomic E-state index is 6.17. The van der Waals surface area contributed by atoms with E-state index >= 15 is 0 Å². The summed E-state index contributed by atoms with van der Waals surface area (Å²) < 4.78 is 6.71. The van der Waals surface area contributed by atoms with Gasteiger partial charge in [-0.1, -0.05) is 57.9 Å². The van der Waals surface area contributed by atoms with Crippen molar-refractivity contribution in [3.05, 3.63) is 63.1 Å². The molecule has 2 rings (SSSR count). The molecule has 0 atom stereocenters. The van der Waals surface area contributed by atoms with Gasteiger partial charge in [0.2, 0.25) is 0 Å². The summed E-state index contributed by atoms with van der Waals surface area (Å²) in [5.41, 5.74) is 2.30. The van der Waals surface area contributed by atoms with Crippen molar-refractivity contribution in [2.45, 2.75) is 13.5 Å². The largest absolute Gasteiger partial charge is 0.490 e. The number of nitrogens with one attached hydrogen (secondary N) is 1. The topological polar surface area (TPSA) is 21.3 Å². The zero-order valence-electron chi connectivity index (χ0n) is 11.3. The number of rotatable bonds is 6. The van der Waals surface area contributed by atoms with Gasteiger partial charge in [-0.25, -0.2) is 0 Å². The van der Waals surface area contributed by atoms with Crippen LogP contribution in [-0.4, -0.2) is 13.2 Å². The van der Waals surface area contributed by atoms with Crippen molar-refractivity contribution < 1.29 is 4.74 Å². The molecule has 0 radical (unpaired) electrons. The van der Waals surface area contributed by atoms with Crippen LogP contribution in [0.2, 0.25) is 5.02 Å². The van der Waals surface area contributed by atoms with Crippen LogP contribution < -0.4 is 10.1 Å². The third-order valence-electron chi connectivity index (χ3n) is 2.89. The minimum absolute atomic E-state index is 0.592. The molecule has 0 aromatic heterocycles. The number of halogens is 2. The summed E-state index contributed by atoms with van der Waals surface area (Å²) in [6.45, 7) is 4.20. The molecule has 0 bridgehead atoms. The molecule has 0 aliphatic rings. The van der Waals surface area contributed by atoms with Crippen LogP contribution in [0.5, 0.6) is 5.75 Å². The maximum Gasteiger partial charge on any atom is 0.140 e. The van der Waals surface area contributed by atoms with Gasteiger partial charge < -0.3 is 10.1 Å². The van der Waals surface area contributed by atoms with E-state index < -0.39 is 0 Å². The van der Waals surface area contributed by atoms with Crippen LogP contribution in [0.1, 0.15) is 11.1 Å². The molecule has 2 nitrogen and oxygen atoms in total. The van der Waals surface area contributed by atoms with Crippen LogP contribution >= 0.6 is 27.5 Å². The first-order valence-electron chi connectivity index (χ1n) is 6.50. The standard InChI is InChI=1S/C16H17BrClNO/c1-12-9-14(17)10-15(18)16(12)20-8-7-19-11-13-5-3-2-4-6-13/h2-6,9-10,19H,7-8,11H2,1H3. The van der Waals surface area contributed by atoms with E-state index in [0.29, 0.717) is 11.6 Å². The Hall–Kier alpha value is -1.03. The fraction of sp³-hybridized carbons (Fsp3) is 0.250. The minimum atomic E-state index is 0.592. The lowest BCUT2D eigenvalue weighted by Gasteiger charge is -2.12. The van der Waals surface area contributed by atoms with Gasteiger partial charge in [0, 0.05) is 17.6 Å². The summed E-state index contributed by atoms with van der Waals surface area (Å²) >= 11 is 9.58. The molecule has 0 saturated carbocycles. The first-order valence-corrected chi connectivity index (χ1v) is 7.67. The van der Waals surface area contributed by atoms with Crippen LogP contribution in [0.25, 0.3) is 0 Å². The molecule has 2 aromatic rings. The minimum Gasteiger partial charge on any atom is -0.490 e. The molecule has 0 fully saturated rings. The molecule has 1 N–H and O–H groups in total. The molecule has 0 aliphatic heterocycles. The molecular formula is C16H17BrClNO. The zero-order chi connectivity index (χ0) is 14.4. The van der Waals surface area contributed by atoms with Gasteiger partial charge in [-0.2, -0.15) is 0 Å². The molecule has 0 saturated heterocycles. The van der Waals surface area contributed by atoms with Crippen molar-refractivity contribution in [1.29, 1.82) is 0 Å². The van der Waals surface area contributed by atoms with E-state index in [1.54, 1.807) is 0 Å². The Morgan fingerprint density at radius 2 is 1.95 bits per heavy atom. The second kappa shape index (κ2) is 7.67. The summed E-state index contributed by atoms with van der Waals surface area (Å²) in [4.78, 5) is 0. The van der Waals surface area contributed by atoms with Crippen molar-refractivity contribution in [1.82, 2.24) is 5.32 Å². The van der Waals surface area contributed by atoms with Crippen LogP contribution in [0.15, 0.2) is 46.9 Å². The molecule has 0 aliphatic carbocycles. The summed E-state index contributed by atoms with van der Waals surface area (Å²) in [7, 11) is 0. The van der Waals surface area contributed by atoms with Gasteiger partial charge >= 0.3 is 0 Å². The Labute approximate surface area is 133 Å². The highest BCUT2D eigenvalue weighted by Gasteiger charge is 2.06. The van der Waals surface area contributed by atoms with Gasteiger partial charge in [-0.05, 0) is 30.2 Å². The van der Waals surface area contributed by atoms with E-state index in [9.17, 15) is 0 Å². The van der Waals surface area contributed by atoms with Gasteiger partial charge in [0.15, 0.2) is 0 Å². The van der Waals surface area contributed by atoms with Gasteiger partial charge in [0.1, 0.15) is 12.4 Å². The smallest absolute Gasteiger partial charge is 0.140 e. The molecule has 106 valence electrons. The van der Waals surface area contributed by atoms with Crippen molar-refractivity contribution in [3.63, 3.8) is 0 Å². The van der Waals surface area contributed by atoms with Gasteiger partial charge in [0.25, 0.3) is 0 Å². The number of benzene rings is 2. The monoisotopic (exact) mass is 353 g/mol. The third kappa shape index (κ3) is 4.51. The summed E-state index contributed by atoms with van der Waals surface area (Å²) in [6.07, 6.45) is 0. The van der Waals surface area contributed by atoms with Gasteiger partial charge in [0.05, 0.1) is 5.02 Å². The molecule has 0 amide bonds.